The lowest BCUT2D eigenvalue weighted by atomic mass is 9.74. The number of likely N-dealkylation sites (tertiary alicyclic amines) is 1. The number of amides is 3. The van der Waals surface area contributed by atoms with Crippen molar-refractivity contribution < 1.29 is 23.9 Å². The zero-order valence-electron chi connectivity index (χ0n) is 21.5. The normalized spacial score (nSPS) is 34.7. The molecule has 3 aliphatic heterocycles. The summed E-state index contributed by atoms with van der Waals surface area (Å²) in [7, 11) is 0. The molecule has 3 heterocycles. The van der Waals surface area contributed by atoms with Crippen molar-refractivity contribution in [1.82, 2.24) is 10.2 Å². The molecule has 3 fully saturated rings. The number of benzene rings is 1. The highest BCUT2D eigenvalue weighted by atomic mass is 16.5. The molecule has 1 aliphatic carbocycles. The van der Waals surface area contributed by atoms with Crippen LogP contribution in [0.25, 0.3) is 0 Å². The first kappa shape index (κ1) is 24.8. The zero-order valence-corrected chi connectivity index (χ0v) is 21.5. The second-order valence-corrected chi connectivity index (χ2v) is 10.9. The fourth-order valence-corrected chi connectivity index (χ4v) is 6.58. The first-order chi connectivity index (χ1) is 17.3. The van der Waals surface area contributed by atoms with E-state index < -0.39 is 29.6 Å². The first-order valence-corrected chi connectivity index (χ1v) is 13.3. The van der Waals surface area contributed by atoms with Gasteiger partial charge in [0, 0.05) is 17.8 Å². The summed E-state index contributed by atoms with van der Waals surface area (Å²) in [5.41, 5.74) is -0.509. The van der Waals surface area contributed by atoms with E-state index in [1.54, 1.807) is 29.2 Å². The molecule has 7 atom stereocenters. The Morgan fingerprint density at radius 2 is 1.89 bits per heavy atom. The van der Waals surface area contributed by atoms with Crippen LogP contribution in [-0.4, -0.2) is 59.1 Å². The van der Waals surface area contributed by atoms with E-state index in [0.717, 1.165) is 25.0 Å². The van der Waals surface area contributed by atoms with Gasteiger partial charge in [-0.3, -0.25) is 14.4 Å². The average molecular weight is 496 g/mol. The number of nitrogens with one attached hydrogen (secondary N) is 2. The average Bonchev–Trinajstić information content (AvgIpc) is 3.49. The molecule has 2 bridgehead atoms. The fraction of sp³-hybridized carbons (Fsp3) is 0.607. The molecule has 2 N–H and O–H groups in total. The van der Waals surface area contributed by atoms with Crippen LogP contribution in [0.3, 0.4) is 0 Å². The van der Waals surface area contributed by atoms with E-state index in [1.165, 1.54) is 6.42 Å². The summed E-state index contributed by atoms with van der Waals surface area (Å²) in [6, 6.07) is 6.24. The summed E-state index contributed by atoms with van der Waals surface area (Å²) in [6.45, 7) is 8.46. The van der Waals surface area contributed by atoms with Crippen molar-refractivity contribution in [3.8, 4) is 5.75 Å². The molecule has 4 aliphatic rings. The van der Waals surface area contributed by atoms with E-state index in [-0.39, 0.29) is 29.8 Å². The molecule has 0 radical (unpaired) electrons. The smallest absolute Gasteiger partial charge is 0.246 e. The molecule has 1 spiro atoms. The Kier molecular flexibility index (Phi) is 6.57. The number of anilines is 1. The van der Waals surface area contributed by atoms with Crippen LogP contribution in [0, 0.1) is 17.8 Å². The molecule has 36 heavy (non-hydrogen) atoms. The molecular weight excluding hydrogens is 458 g/mol. The summed E-state index contributed by atoms with van der Waals surface area (Å²) in [5.74, 6) is -0.986. The molecule has 4 unspecified atom stereocenters. The maximum Gasteiger partial charge on any atom is 0.246 e. The molecule has 3 amide bonds. The number of carbonyl (C=O) groups excluding carboxylic acids is 3. The Bertz CT molecular complexity index is 1050. The molecule has 2 saturated heterocycles. The molecule has 0 aromatic heterocycles. The minimum atomic E-state index is -1.13. The van der Waals surface area contributed by atoms with Crippen molar-refractivity contribution in [2.24, 2.45) is 17.8 Å². The van der Waals surface area contributed by atoms with Gasteiger partial charge in [-0.25, -0.2) is 0 Å². The van der Waals surface area contributed by atoms with Crippen molar-refractivity contribution >= 4 is 23.4 Å². The van der Waals surface area contributed by atoms with Crippen LogP contribution >= 0.6 is 0 Å². The van der Waals surface area contributed by atoms with Crippen LogP contribution in [0.4, 0.5) is 5.69 Å². The van der Waals surface area contributed by atoms with Gasteiger partial charge in [0.25, 0.3) is 0 Å². The van der Waals surface area contributed by atoms with E-state index in [2.05, 4.69) is 17.6 Å². The highest BCUT2D eigenvalue weighted by molar-refractivity contribution is 6.02. The van der Waals surface area contributed by atoms with Crippen LogP contribution in [0.15, 0.2) is 36.4 Å². The molecule has 5 rings (SSSR count). The van der Waals surface area contributed by atoms with E-state index in [1.807, 2.05) is 32.9 Å². The Morgan fingerprint density at radius 1 is 1.17 bits per heavy atom. The van der Waals surface area contributed by atoms with Crippen LogP contribution in [0.2, 0.25) is 0 Å². The summed E-state index contributed by atoms with van der Waals surface area (Å²) < 4.78 is 11.9. The van der Waals surface area contributed by atoms with Crippen molar-refractivity contribution in [1.29, 1.82) is 0 Å². The lowest BCUT2D eigenvalue weighted by molar-refractivity contribution is -0.143. The van der Waals surface area contributed by atoms with Gasteiger partial charge in [-0.15, -0.1) is 0 Å². The van der Waals surface area contributed by atoms with Gasteiger partial charge in [0.15, 0.2) is 0 Å². The van der Waals surface area contributed by atoms with Gasteiger partial charge in [0.05, 0.1) is 24.5 Å². The number of hydrogen-bond donors (Lipinski definition) is 2. The van der Waals surface area contributed by atoms with Crippen molar-refractivity contribution in [2.75, 3.05) is 11.9 Å². The quantitative estimate of drug-likeness (QED) is 0.566. The molecule has 8 heteroatoms. The van der Waals surface area contributed by atoms with Gasteiger partial charge >= 0.3 is 0 Å². The van der Waals surface area contributed by atoms with Gasteiger partial charge in [-0.1, -0.05) is 31.9 Å². The third-order valence-electron chi connectivity index (χ3n) is 8.29. The van der Waals surface area contributed by atoms with Crippen LogP contribution in [-0.2, 0) is 19.1 Å². The number of ether oxygens (including phenoxy) is 2. The Hall–Kier alpha value is -2.87. The van der Waals surface area contributed by atoms with Gasteiger partial charge in [0.2, 0.25) is 17.7 Å². The molecular formula is C28H37N3O5. The van der Waals surface area contributed by atoms with Gasteiger partial charge in [-0.2, -0.15) is 0 Å². The maximum absolute atomic E-state index is 13.8. The summed E-state index contributed by atoms with van der Waals surface area (Å²) >= 11 is 0. The van der Waals surface area contributed by atoms with Crippen molar-refractivity contribution in [3.63, 3.8) is 0 Å². The standard InChI is InChI=1S/C28H37N3O5/c1-5-35-19-12-10-18(11-13-19)29-25(32)22-21-14-15-28(36-21)23(22)27(34)31(16(2)3)24(28)26(33)30-20-9-7-6-8-17(20)4/h10-17,20-24H,5-9H2,1-4H3,(H,29,32)(H,30,33)/t17?,20?,21-,22?,23-,24?,28+/m1/s1. The van der Waals surface area contributed by atoms with E-state index in [9.17, 15) is 14.4 Å². The van der Waals surface area contributed by atoms with Gasteiger partial charge in [0.1, 0.15) is 17.4 Å². The monoisotopic (exact) mass is 495 g/mol. The highest BCUT2D eigenvalue weighted by Crippen LogP contribution is 2.55. The van der Waals surface area contributed by atoms with Crippen LogP contribution in [0.5, 0.6) is 5.75 Å². The minimum absolute atomic E-state index is 0.0900. The Balaban J connectivity index is 1.39. The lowest BCUT2D eigenvalue weighted by Crippen LogP contribution is -2.58. The van der Waals surface area contributed by atoms with E-state index in [0.29, 0.717) is 18.2 Å². The Labute approximate surface area is 212 Å². The number of fused-ring (bicyclic) bond motifs is 1. The molecule has 1 saturated carbocycles. The SMILES string of the molecule is CCOc1ccc(NC(=O)C2[C@H]3C=C[C@@]4(O3)C(C(=O)NC3CCCCC3C)N(C(C)C)C(=O)[C@@H]24)cc1. The predicted octanol–water partition coefficient (Wildman–Crippen LogP) is 3.28. The molecule has 1 aromatic carbocycles. The third kappa shape index (κ3) is 3.99. The second-order valence-electron chi connectivity index (χ2n) is 10.9. The van der Waals surface area contributed by atoms with Crippen LogP contribution in [0.1, 0.15) is 53.4 Å². The molecule has 194 valence electrons. The fourth-order valence-electron chi connectivity index (χ4n) is 6.58. The van der Waals surface area contributed by atoms with E-state index >= 15 is 0 Å². The van der Waals surface area contributed by atoms with Gasteiger partial charge in [-0.05, 0) is 63.8 Å². The number of carbonyl (C=O) groups is 3. The minimum Gasteiger partial charge on any atom is -0.494 e. The molecule has 1 aromatic rings. The highest BCUT2D eigenvalue weighted by Gasteiger charge is 2.73. The second kappa shape index (κ2) is 9.54. The van der Waals surface area contributed by atoms with Crippen LogP contribution < -0.4 is 15.4 Å². The van der Waals surface area contributed by atoms with Gasteiger partial charge < -0.3 is 25.0 Å². The first-order valence-electron chi connectivity index (χ1n) is 13.3. The maximum atomic E-state index is 13.8. The number of hydrogen-bond acceptors (Lipinski definition) is 5. The summed E-state index contributed by atoms with van der Waals surface area (Å²) in [4.78, 5) is 42.7. The number of rotatable bonds is 7. The zero-order chi connectivity index (χ0) is 25.6. The molecule has 8 nitrogen and oxygen atoms in total. The largest absolute Gasteiger partial charge is 0.494 e. The predicted molar refractivity (Wildman–Crippen MR) is 135 cm³/mol. The summed E-state index contributed by atoms with van der Waals surface area (Å²) in [5, 5.41) is 6.19. The van der Waals surface area contributed by atoms with Crippen molar-refractivity contribution in [3.05, 3.63) is 36.4 Å². The topological polar surface area (TPSA) is 97.0 Å². The Morgan fingerprint density at radius 3 is 2.56 bits per heavy atom. The van der Waals surface area contributed by atoms with Crippen molar-refractivity contribution in [2.45, 2.75) is 83.2 Å². The lowest BCUT2D eigenvalue weighted by Gasteiger charge is -2.37. The third-order valence-corrected chi connectivity index (χ3v) is 8.29. The number of nitrogens with zero attached hydrogens (tertiary/aromatic N) is 1. The van der Waals surface area contributed by atoms with E-state index in [4.69, 9.17) is 9.47 Å². The summed E-state index contributed by atoms with van der Waals surface area (Å²) in [6.07, 6.45) is 7.46.